The lowest BCUT2D eigenvalue weighted by Crippen LogP contribution is -2.25. The van der Waals surface area contributed by atoms with Gasteiger partial charge in [-0.2, -0.15) is 0 Å². The normalized spacial score (nSPS) is 17.4. The number of aromatic nitrogens is 2. The minimum atomic E-state index is -0.218. The Morgan fingerprint density at radius 3 is 2.85 bits per heavy atom. The number of rotatable bonds is 6. The van der Waals surface area contributed by atoms with Gasteiger partial charge in [0, 0.05) is 43.0 Å². The summed E-state index contributed by atoms with van der Waals surface area (Å²) in [6.07, 6.45) is 2.65. The molecule has 1 unspecified atom stereocenters. The van der Waals surface area contributed by atoms with E-state index >= 15 is 0 Å². The minimum Gasteiger partial charge on any atom is -0.383 e. The van der Waals surface area contributed by atoms with Crippen molar-refractivity contribution in [2.45, 2.75) is 19.3 Å². The SMILES string of the molecule is COCCN1CCC(c2ncc(C(=O)Nc3ccc(Cl)cc3)c(C)n2)C1. The number of nitrogens with zero attached hydrogens (tertiary/aromatic N) is 3. The third-order valence-electron chi connectivity index (χ3n) is 4.59. The van der Waals surface area contributed by atoms with Crippen molar-refractivity contribution < 1.29 is 9.53 Å². The van der Waals surface area contributed by atoms with Crippen molar-refractivity contribution in [1.82, 2.24) is 14.9 Å². The van der Waals surface area contributed by atoms with Gasteiger partial charge in [0.1, 0.15) is 5.82 Å². The van der Waals surface area contributed by atoms with E-state index in [1.54, 1.807) is 37.6 Å². The van der Waals surface area contributed by atoms with E-state index in [1.165, 1.54) is 0 Å². The van der Waals surface area contributed by atoms with Crippen LogP contribution < -0.4 is 5.32 Å². The lowest BCUT2D eigenvalue weighted by molar-refractivity contribution is 0.102. The molecule has 1 fully saturated rings. The number of aryl methyl sites for hydroxylation is 1. The number of carbonyl (C=O) groups is 1. The van der Waals surface area contributed by atoms with Crippen molar-refractivity contribution in [3.8, 4) is 0 Å². The Morgan fingerprint density at radius 2 is 2.15 bits per heavy atom. The third kappa shape index (κ3) is 4.58. The van der Waals surface area contributed by atoms with Crippen LogP contribution in [0.3, 0.4) is 0 Å². The highest BCUT2D eigenvalue weighted by Crippen LogP contribution is 2.25. The Bertz CT molecular complexity index is 767. The third-order valence-corrected chi connectivity index (χ3v) is 4.85. The molecule has 0 aliphatic carbocycles. The van der Waals surface area contributed by atoms with Crippen LogP contribution in [0.1, 0.15) is 34.2 Å². The van der Waals surface area contributed by atoms with Crippen molar-refractivity contribution in [3.05, 3.63) is 52.6 Å². The van der Waals surface area contributed by atoms with Gasteiger partial charge in [-0.05, 0) is 44.2 Å². The predicted molar refractivity (Wildman–Crippen MR) is 102 cm³/mol. The highest BCUT2D eigenvalue weighted by atomic mass is 35.5. The summed E-state index contributed by atoms with van der Waals surface area (Å²) in [5.41, 5.74) is 1.86. The Labute approximate surface area is 158 Å². The molecular weight excluding hydrogens is 352 g/mol. The van der Waals surface area contributed by atoms with Gasteiger partial charge in [0.2, 0.25) is 0 Å². The number of amides is 1. The van der Waals surface area contributed by atoms with Crippen LogP contribution in [0.15, 0.2) is 30.5 Å². The number of halogens is 1. The molecule has 1 saturated heterocycles. The molecule has 1 atom stereocenters. The quantitative estimate of drug-likeness (QED) is 0.841. The Morgan fingerprint density at radius 1 is 1.38 bits per heavy atom. The highest BCUT2D eigenvalue weighted by Gasteiger charge is 2.26. The first-order chi connectivity index (χ1) is 12.6. The number of carbonyl (C=O) groups excluding carboxylic acids is 1. The number of benzene rings is 1. The topological polar surface area (TPSA) is 67.3 Å². The van der Waals surface area contributed by atoms with Crippen molar-refractivity contribution in [3.63, 3.8) is 0 Å². The second-order valence-electron chi connectivity index (χ2n) is 6.47. The smallest absolute Gasteiger partial charge is 0.259 e. The van der Waals surface area contributed by atoms with Crippen molar-refractivity contribution in [2.24, 2.45) is 0 Å². The summed E-state index contributed by atoms with van der Waals surface area (Å²) >= 11 is 5.87. The Hall–Kier alpha value is -2.02. The zero-order valence-electron chi connectivity index (χ0n) is 15.0. The molecule has 0 radical (unpaired) electrons. The van der Waals surface area contributed by atoms with Crippen molar-refractivity contribution in [2.75, 3.05) is 38.7 Å². The second-order valence-corrected chi connectivity index (χ2v) is 6.90. The average molecular weight is 375 g/mol. The van der Waals surface area contributed by atoms with E-state index in [0.29, 0.717) is 27.9 Å². The summed E-state index contributed by atoms with van der Waals surface area (Å²) < 4.78 is 5.14. The van der Waals surface area contributed by atoms with Crippen LogP contribution in [-0.4, -0.2) is 54.1 Å². The molecule has 1 aliphatic heterocycles. The van der Waals surface area contributed by atoms with Crippen LogP contribution >= 0.6 is 11.6 Å². The number of nitrogens with one attached hydrogen (secondary N) is 1. The van der Waals surface area contributed by atoms with E-state index in [-0.39, 0.29) is 5.91 Å². The van der Waals surface area contributed by atoms with Crippen LogP contribution in [0, 0.1) is 6.92 Å². The lowest BCUT2D eigenvalue weighted by atomic mass is 10.1. The number of ether oxygens (including phenoxy) is 1. The van der Waals surface area contributed by atoms with Gasteiger partial charge in [0.05, 0.1) is 17.9 Å². The molecule has 2 aromatic rings. The summed E-state index contributed by atoms with van der Waals surface area (Å²) in [6, 6.07) is 6.99. The number of likely N-dealkylation sites (tertiary alicyclic amines) is 1. The number of anilines is 1. The molecular formula is C19H23ClN4O2. The van der Waals surface area contributed by atoms with Crippen LogP contribution in [0.5, 0.6) is 0 Å². The first-order valence-electron chi connectivity index (χ1n) is 8.68. The van der Waals surface area contributed by atoms with Crippen LogP contribution in [0.2, 0.25) is 5.02 Å². The molecule has 0 saturated carbocycles. The number of methoxy groups -OCH3 is 1. The van der Waals surface area contributed by atoms with Crippen molar-refractivity contribution >= 4 is 23.2 Å². The molecule has 1 amide bonds. The summed E-state index contributed by atoms with van der Waals surface area (Å²) in [6.45, 7) is 5.46. The van der Waals surface area contributed by atoms with Gasteiger partial charge in [-0.15, -0.1) is 0 Å². The fourth-order valence-electron chi connectivity index (χ4n) is 3.10. The summed E-state index contributed by atoms with van der Waals surface area (Å²) in [5, 5.41) is 3.47. The zero-order valence-corrected chi connectivity index (χ0v) is 15.8. The molecule has 7 heteroatoms. The van der Waals surface area contributed by atoms with E-state index in [9.17, 15) is 4.79 Å². The molecule has 0 spiro atoms. The number of hydrogen-bond acceptors (Lipinski definition) is 5. The second kappa shape index (κ2) is 8.58. The molecule has 1 aromatic heterocycles. The summed E-state index contributed by atoms with van der Waals surface area (Å²) in [4.78, 5) is 23.9. The van der Waals surface area contributed by atoms with Gasteiger partial charge in [0.15, 0.2) is 0 Å². The first kappa shape index (κ1) is 18.8. The summed E-state index contributed by atoms with van der Waals surface area (Å²) in [7, 11) is 1.72. The minimum absolute atomic E-state index is 0.218. The molecule has 0 bridgehead atoms. The molecule has 3 rings (SSSR count). The molecule has 1 aliphatic rings. The predicted octanol–water partition coefficient (Wildman–Crippen LogP) is 3.13. The maximum Gasteiger partial charge on any atom is 0.259 e. The maximum absolute atomic E-state index is 12.5. The molecule has 138 valence electrons. The first-order valence-corrected chi connectivity index (χ1v) is 9.06. The van der Waals surface area contributed by atoms with E-state index in [0.717, 1.165) is 38.5 Å². The number of hydrogen-bond donors (Lipinski definition) is 1. The van der Waals surface area contributed by atoms with Gasteiger partial charge in [-0.1, -0.05) is 11.6 Å². The monoisotopic (exact) mass is 374 g/mol. The van der Waals surface area contributed by atoms with E-state index in [1.807, 2.05) is 6.92 Å². The maximum atomic E-state index is 12.5. The van der Waals surface area contributed by atoms with Crippen LogP contribution in [0.25, 0.3) is 0 Å². The van der Waals surface area contributed by atoms with E-state index in [2.05, 4.69) is 20.2 Å². The van der Waals surface area contributed by atoms with Crippen LogP contribution in [0.4, 0.5) is 5.69 Å². The molecule has 6 nitrogen and oxygen atoms in total. The Kier molecular flexibility index (Phi) is 6.19. The van der Waals surface area contributed by atoms with Gasteiger partial charge in [-0.3, -0.25) is 4.79 Å². The van der Waals surface area contributed by atoms with Crippen molar-refractivity contribution in [1.29, 1.82) is 0 Å². The summed E-state index contributed by atoms with van der Waals surface area (Å²) in [5.74, 6) is 0.897. The molecule has 1 N–H and O–H groups in total. The molecule has 2 heterocycles. The van der Waals surface area contributed by atoms with E-state index < -0.39 is 0 Å². The standard InChI is InChI=1S/C19H23ClN4O2/c1-13-17(19(25)23-16-5-3-15(20)4-6-16)11-21-18(22-13)14-7-8-24(12-14)9-10-26-2/h3-6,11,14H,7-10,12H2,1-2H3,(H,23,25). The zero-order chi connectivity index (χ0) is 18.5. The van der Waals surface area contributed by atoms with Gasteiger partial charge < -0.3 is 15.0 Å². The average Bonchev–Trinajstić information content (AvgIpc) is 3.10. The van der Waals surface area contributed by atoms with Gasteiger partial charge in [0.25, 0.3) is 5.91 Å². The Balaban J connectivity index is 1.65. The van der Waals surface area contributed by atoms with Gasteiger partial charge in [-0.25, -0.2) is 9.97 Å². The van der Waals surface area contributed by atoms with E-state index in [4.69, 9.17) is 16.3 Å². The largest absolute Gasteiger partial charge is 0.383 e. The molecule has 26 heavy (non-hydrogen) atoms. The fraction of sp³-hybridized carbons (Fsp3) is 0.421. The van der Waals surface area contributed by atoms with Gasteiger partial charge >= 0.3 is 0 Å². The fourth-order valence-corrected chi connectivity index (χ4v) is 3.23. The molecule has 1 aromatic carbocycles. The lowest BCUT2D eigenvalue weighted by Gasteiger charge is -2.15. The van der Waals surface area contributed by atoms with Crippen LogP contribution in [-0.2, 0) is 4.74 Å². The highest BCUT2D eigenvalue weighted by molar-refractivity contribution is 6.30.